The molecule has 2 nitrogen and oxygen atoms in total. The van der Waals surface area contributed by atoms with Crippen molar-refractivity contribution in [1.29, 1.82) is 5.26 Å². The van der Waals surface area contributed by atoms with Gasteiger partial charge in [0.05, 0.1) is 16.7 Å². The van der Waals surface area contributed by atoms with Gasteiger partial charge < -0.3 is 0 Å². The molecule has 84 valence electrons. The van der Waals surface area contributed by atoms with Crippen LogP contribution in [0.3, 0.4) is 0 Å². The number of hydrogen-bond donors (Lipinski definition) is 0. The van der Waals surface area contributed by atoms with E-state index in [0.29, 0.717) is 5.56 Å². The van der Waals surface area contributed by atoms with Gasteiger partial charge in [-0.15, -0.1) is 11.8 Å². The number of hydrogen-bond acceptors (Lipinski definition) is 3. The average molecular weight is 240 g/mol. The Balaban J connectivity index is 2.02. The van der Waals surface area contributed by atoms with Gasteiger partial charge >= 0.3 is 0 Å². The molecular formula is C14H12N2S. The zero-order valence-electron chi connectivity index (χ0n) is 9.55. The van der Waals surface area contributed by atoms with Crippen LogP contribution in [0.1, 0.15) is 16.7 Å². The van der Waals surface area contributed by atoms with Crippen LogP contribution in [0, 0.1) is 18.3 Å². The summed E-state index contributed by atoms with van der Waals surface area (Å²) in [6.45, 7) is 2.08. The van der Waals surface area contributed by atoms with E-state index in [-0.39, 0.29) is 0 Å². The molecule has 0 aliphatic rings. The SMILES string of the molecule is Cc1ccc(CSc2cc(C#N)ccn2)cc1. The molecule has 3 heteroatoms. The van der Waals surface area contributed by atoms with Crippen molar-refractivity contribution in [1.82, 2.24) is 4.98 Å². The largest absolute Gasteiger partial charge is 0.250 e. The monoisotopic (exact) mass is 240 g/mol. The van der Waals surface area contributed by atoms with Gasteiger partial charge in [-0.25, -0.2) is 4.98 Å². The number of aryl methyl sites for hydroxylation is 1. The lowest BCUT2D eigenvalue weighted by Gasteiger charge is -2.02. The Labute approximate surface area is 105 Å². The fourth-order valence-corrected chi connectivity index (χ4v) is 2.25. The molecule has 0 radical (unpaired) electrons. The van der Waals surface area contributed by atoms with Gasteiger partial charge in [0.15, 0.2) is 0 Å². The third-order valence-corrected chi connectivity index (χ3v) is 3.37. The van der Waals surface area contributed by atoms with Gasteiger partial charge in [0.1, 0.15) is 0 Å². The van der Waals surface area contributed by atoms with E-state index in [9.17, 15) is 0 Å². The van der Waals surface area contributed by atoms with Crippen molar-refractivity contribution < 1.29 is 0 Å². The van der Waals surface area contributed by atoms with Gasteiger partial charge in [0.2, 0.25) is 0 Å². The van der Waals surface area contributed by atoms with Crippen LogP contribution in [0.15, 0.2) is 47.6 Å². The molecule has 2 rings (SSSR count). The maximum atomic E-state index is 8.79. The molecular weight excluding hydrogens is 228 g/mol. The molecule has 0 bridgehead atoms. The lowest BCUT2D eigenvalue weighted by Crippen LogP contribution is -1.84. The molecule has 0 saturated heterocycles. The highest BCUT2D eigenvalue weighted by molar-refractivity contribution is 7.98. The maximum Gasteiger partial charge on any atom is 0.0993 e. The number of aromatic nitrogens is 1. The third kappa shape index (κ3) is 3.33. The van der Waals surface area contributed by atoms with Gasteiger partial charge in [0, 0.05) is 11.9 Å². The Kier molecular flexibility index (Phi) is 3.79. The summed E-state index contributed by atoms with van der Waals surface area (Å²) < 4.78 is 0. The first-order valence-electron chi connectivity index (χ1n) is 5.32. The molecule has 1 aromatic heterocycles. The van der Waals surface area contributed by atoms with Gasteiger partial charge in [-0.3, -0.25) is 0 Å². The van der Waals surface area contributed by atoms with Gasteiger partial charge in [-0.2, -0.15) is 5.26 Å². The van der Waals surface area contributed by atoms with Crippen molar-refractivity contribution >= 4 is 11.8 Å². The van der Waals surface area contributed by atoms with E-state index in [1.54, 1.807) is 24.0 Å². The smallest absolute Gasteiger partial charge is 0.0993 e. The highest BCUT2D eigenvalue weighted by Gasteiger charge is 1.99. The van der Waals surface area contributed by atoms with Crippen LogP contribution in [0.5, 0.6) is 0 Å². The van der Waals surface area contributed by atoms with Crippen LogP contribution in [-0.4, -0.2) is 4.98 Å². The standard InChI is InChI=1S/C14H12N2S/c1-11-2-4-12(5-3-11)10-17-14-8-13(9-15)6-7-16-14/h2-8H,10H2,1H3. The van der Waals surface area contributed by atoms with Crippen LogP contribution in [0.25, 0.3) is 0 Å². The molecule has 0 spiro atoms. The zero-order chi connectivity index (χ0) is 12.1. The van der Waals surface area contributed by atoms with Crippen molar-refractivity contribution in [2.24, 2.45) is 0 Å². The summed E-state index contributed by atoms with van der Waals surface area (Å²) in [5.41, 5.74) is 3.19. The minimum Gasteiger partial charge on any atom is -0.250 e. The number of rotatable bonds is 3. The Morgan fingerprint density at radius 1 is 1.24 bits per heavy atom. The van der Waals surface area contributed by atoms with Crippen molar-refractivity contribution in [2.45, 2.75) is 17.7 Å². The second-order valence-corrected chi connectivity index (χ2v) is 4.76. The molecule has 0 aliphatic carbocycles. The summed E-state index contributed by atoms with van der Waals surface area (Å²) in [6, 6.07) is 14.1. The lowest BCUT2D eigenvalue weighted by molar-refractivity contribution is 1.12. The number of nitrogens with zero attached hydrogens (tertiary/aromatic N) is 2. The Hall–Kier alpha value is -1.79. The minimum absolute atomic E-state index is 0.659. The quantitative estimate of drug-likeness (QED) is 0.770. The number of nitriles is 1. The van der Waals surface area contributed by atoms with E-state index in [1.165, 1.54) is 11.1 Å². The molecule has 2 aromatic rings. The fourth-order valence-electron chi connectivity index (χ4n) is 1.40. The Morgan fingerprint density at radius 3 is 2.71 bits per heavy atom. The molecule has 0 unspecified atom stereocenters. The van der Waals surface area contributed by atoms with E-state index in [2.05, 4.69) is 42.2 Å². The molecule has 0 atom stereocenters. The van der Waals surface area contributed by atoms with E-state index in [0.717, 1.165) is 10.8 Å². The van der Waals surface area contributed by atoms with Crippen LogP contribution >= 0.6 is 11.8 Å². The zero-order valence-corrected chi connectivity index (χ0v) is 10.4. The summed E-state index contributed by atoms with van der Waals surface area (Å²) in [5, 5.41) is 9.68. The van der Waals surface area contributed by atoms with Crippen molar-refractivity contribution in [3.05, 3.63) is 59.3 Å². The second kappa shape index (κ2) is 5.51. The Morgan fingerprint density at radius 2 is 2.00 bits per heavy atom. The minimum atomic E-state index is 0.659. The molecule has 0 saturated carbocycles. The van der Waals surface area contributed by atoms with Crippen molar-refractivity contribution in [2.75, 3.05) is 0 Å². The third-order valence-electron chi connectivity index (χ3n) is 2.37. The predicted octanol–water partition coefficient (Wildman–Crippen LogP) is 3.55. The van der Waals surface area contributed by atoms with Crippen molar-refractivity contribution in [3.63, 3.8) is 0 Å². The highest BCUT2D eigenvalue weighted by Crippen LogP contribution is 2.21. The molecule has 0 fully saturated rings. The normalized spacial score (nSPS) is 9.88. The van der Waals surface area contributed by atoms with E-state index >= 15 is 0 Å². The maximum absolute atomic E-state index is 8.79. The number of pyridine rings is 1. The van der Waals surface area contributed by atoms with E-state index in [4.69, 9.17) is 5.26 Å². The summed E-state index contributed by atoms with van der Waals surface area (Å²) in [7, 11) is 0. The highest BCUT2D eigenvalue weighted by atomic mass is 32.2. The number of thioether (sulfide) groups is 1. The molecule has 0 aliphatic heterocycles. The van der Waals surface area contributed by atoms with Crippen LogP contribution in [-0.2, 0) is 5.75 Å². The molecule has 0 N–H and O–H groups in total. The molecule has 1 aromatic carbocycles. The summed E-state index contributed by atoms with van der Waals surface area (Å²) >= 11 is 1.65. The fraction of sp³-hybridized carbons (Fsp3) is 0.143. The van der Waals surface area contributed by atoms with Gasteiger partial charge in [-0.1, -0.05) is 29.8 Å². The lowest BCUT2D eigenvalue weighted by atomic mass is 10.2. The summed E-state index contributed by atoms with van der Waals surface area (Å²) in [4.78, 5) is 4.23. The summed E-state index contributed by atoms with van der Waals surface area (Å²) in [6.07, 6.45) is 1.68. The van der Waals surface area contributed by atoms with Crippen molar-refractivity contribution in [3.8, 4) is 6.07 Å². The Bertz CT molecular complexity index is 541. The van der Waals surface area contributed by atoms with Crippen LogP contribution in [0.4, 0.5) is 0 Å². The first-order chi connectivity index (χ1) is 8.28. The molecule has 17 heavy (non-hydrogen) atoms. The number of benzene rings is 1. The van der Waals surface area contributed by atoms with E-state index in [1.807, 2.05) is 6.07 Å². The topological polar surface area (TPSA) is 36.7 Å². The molecule has 1 heterocycles. The van der Waals surface area contributed by atoms with Gasteiger partial charge in [0.25, 0.3) is 0 Å². The molecule has 0 amide bonds. The average Bonchev–Trinajstić information content (AvgIpc) is 2.38. The first-order valence-corrected chi connectivity index (χ1v) is 6.31. The van der Waals surface area contributed by atoms with Gasteiger partial charge in [-0.05, 0) is 24.6 Å². The first kappa shape index (κ1) is 11.7. The van der Waals surface area contributed by atoms with E-state index < -0.39 is 0 Å². The second-order valence-electron chi connectivity index (χ2n) is 3.77. The van der Waals surface area contributed by atoms with Crippen LogP contribution < -0.4 is 0 Å². The predicted molar refractivity (Wildman–Crippen MR) is 69.7 cm³/mol. The summed E-state index contributed by atoms with van der Waals surface area (Å²) in [5.74, 6) is 0.877. The van der Waals surface area contributed by atoms with Crippen LogP contribution in [0.2, 0.25) is 0 Å².